The molecule has 12 heavy (non-hydrogen) atoms. The van der Waals surface area contributed by atoms with Gasteiger partial charge in [0.2, 0.25) is 0 Å². The van der Waals surface area contributed by atoms with E-state index in [-0.39, 0.29) is 0 Å². The molecule has 0 aliphatic heterocycles. The molecule has 0 spiro atoms. The number of thiophene rings is 1. The fraction of sp³-hybridized carbons (Fsp3) is 0. The fourth-order valence-corrected chi connectivity index (χ4v) is 3.85. The molecule has 0 amide bonds. The second-order valence-corrected chi connectivity index (χ2v) is 6.04. The molecule has 0 aliphatic carbocycles. The lowest BCUT2D eigenvalue weighted by atomic mass is 10.3. The van der Waals surface area contributed by atoms with Gasteiger partial charge in [0.25, 0.3) is 0 Å². The average Bonchev–Trinajstić information content (AvgIpc) is 2.32. The molecule has 0 nitrogen and oxygen atoms in total. The molecule has 4 heteroatoms. The van der Waals surface area contributed by atoms with Crippen molar-refractivity contribution in [3.63, 3.8) is 0 Å². The Bertz CT molecular complexity index is 436. The molecule has 0 fully saturated rings. The second kappa shape index (κ2) is 3.48. The van der Waals surface area contributed by atoms with Crippen LogP contribution >= 0.6 is 62.5 Å². The first-order chi connectivity index (χ1) is 5.70. The predicted octanol–water partition coefficient (Wildman–Crippen LogP) is 4.56. The molecule has 62 valence electrons. The van der Waals surface area contributed by atoms with E-state index in [1.807, 2.05) is 0 Å². The zero-order chi connectivity index (χ0) is 8.72. The van der Waals surface area contributed by atoms with Crippen LogP contribution in [0.4, 0.5) is 0 Å². The van der Waals surface area contributed by atoms with E-state index in [1.54, 1.807) is 11.3 Å². The van der Waals surface area contributed by atoms with Crippen LogP contribution in [0.2, 0.25) is 0 Å². The van der Waals surface area contributed by atoms with E-state index in [9.17, 15) is 0 Å². The van der Waals surface area contributed by atoms with Crippen molar-refractivity contribution in [3.05, 3.63) is 26.2 Å². The summed E-state index contributed by atoms with van der Waals surface area (Å²) in [4.78, 5) is 0. The highest BCUT2D eigenvalue weighted by Crippen LogP contribution is 2.38. The van der Waals surface area contributed by atoms with Gasteiger partial charge in [0.15, 0.2) is 0 Å². The van der Waals surface area contributed by atoms with Gasteiger partial charge in [-0.3, -0.25) is 0 Å². The molecule has 0 atom stereocenters. The topological polar surface area (TPSA) is 0 Å². The summed E-state index contributed by atoms with van der Waals surface area (Å²) < 4.78 is 4.78. The Morgan fingerprint density at radius 2 is 2.17 bits per heavy atom. The van der Waals surface area contributed by atoms with E-state index in [4.69, 9.17) is 0 Å². The van der Waals surface area contributed by atoms with Gasteiger partial charge in [-0.15, -0.1) is 24.0 Å². The van der Waals surface area contributed by atoms with Crippen LogP contribution in [0, 0.1) is 3.57 Å². The summed E-state index contributed by atoms with van der Waals surface area (Å²) in [6, 6.07) is 6.23. The quantitative estimate of drug-likeness (QED) is 0.510. The lowest BCUT2D eigenvalue weighted by Crippen LogP contribution is -1.67. The maximum atomic E-state index is 4.39. The second-order valence-electron chi connectivity index (χ2n) is 2.34. The zero-order valence-corrected chi connectivity index (χ0v) is 11.3. The van der Waals surface area contributed by atoms with Crippen molar-refractivity contribution in [3.8, 4) is 0 Å². The van der Waals surface area contributed by atoms with Crippen LogP contribution in [0.3, 0.4) is 0 Å². The van der Waals surface area contributed by atoms with E-state index in [2.05, 4.69) is 69.3 Å². The number of hydrogen-bond acceptors (Lipinski definition) is 2. The number of thiol groups is 1. The van der Waals surface area contributed by atoms with Crippen LogP contribution in [-0.4, -0.2) is 0 Å². The number of halogens is 2. The first kappa shape index (κ1) is 9.30. The minimum atomic E-state index is 1.09. The lowest BCUT2D eigenvalue weighted by molar-refractivity contribution is 1.68. The maximum Gasteiger partial charge on any atom is 0.0715 e. The SMILES string of the molecule is Sc1sc2c(Br)cccc2c1I. The normalized spacial score (nSPS) is 10.9. The smallest absolute Gasteiger partial charge is 0.0715 e. The minimum Gasteiger partial charge on any atom is -0.132 e. The molecule has 0 unspecified atom stereocenters. The predicted molar refractivity (Wildman–Crippen MR) is 69.5 cm³/mol. The lowest BCUT2D eigenvalue weighted by Gasteiger charge is -1.91. The summed E-state index contributed by atoms with van der Waals surface area (Å²) in [6.45, 7) is 0. The molecule has 0 aliphatic rings. The maximum absolute atomic E-state index is 4.39. The van der Waals surface area contributed by atoms with E-state index in [1.165, 1.54) is 13.7 Å². The Kier molecular flexibility index (Phi) is 2.69. The molecule has 0 saturated heterocycles. The van der Waals surface area contributed by atoms with E-state index in [0.717, 1.165) is 8.68 Å². The molecular weight excluding hydrogens is 367 g/mol. The molecule has 2 aromatic rings. The van der Waals surface area contributed by atoms with Gasteiger partial charge in [-0.05, 0) is 44.6 Å². The van der Waals surface area contributed by atoms with E-state index >= 15 is 0 Å². The van der Waals surface area contributed by atoms with Gasteiger partial charge >= 0.3 is 0 Å². The summed E-state index contributed by atoms with van der Waals surface area (Å²) in [5.41, 5.74) is 0. The molecule has 2 rings (SSSR count). The van der Waals surface area contributed by atoms with Gasteiger partial charge in [0.1, 0.15) is 0 Å². The van der Waals surface area contributed by atoms with E-state index in [0.29, 0.717) is 0 Å². The first-order valence-electron chi connectivity index (χ1n) is 3.25. The largest absolute Gasteiger partial charge is 0.132 e. The molecule has 0 saturated carbocycles. The van der Waals surface area contributed by atoms with Crippen LogP contribution in [-0.2, 0) is 0 Å². The molecule has 1 aromatic carbocycles. The third-order valence-electron chi connectivity index (χ3n) is 1.59. The number of fused-ring (bicyclic) bond motifs is 1. The molecule has 0 N–H and O–H groups in total. The van der Waals surface area contributed by atoms with Gasteiger partial charge in [-0.25, -0.2) is 0 Å². The monoisotopic (exact) mass is 370 g/mol. The van der Waals surface area contributed by atoms with Gasteiger partial charge in [-0.1, -0.05) is 12.1 Å². The fourth-order valence-electron chi connectivity index (χ4n) is 1.04. The van der Waals surface area contributed by atoms with Crippen molar-refractivity contribution in [2.45, 2.75) is 4.21 Å². The Morgan fingerprint density at radius 3 is 2.83 bits per heavy atom. The van der Waals surface area contributed by atoms with Crippen molar-refractivity contribution >= 4 is 72.6 Å². The number of hydrogen-bond donors (Lipinski definition) is 1. The zero-order valence-electron chi connectivity index (χ0n) is 5.84. The van der Waals surface area contributed by atoms with Gasteiger partial charge in [0.05, 0.1) is 8.91 Å². The standard InChI is InChI=1S/C8H4BrIS2/c9-5-3-1-2-4-6(10)8(11)12-7(4)5/h1-3,11H. The Balaban J connectivity index is 2.95. The van der Waals surface area contributed by atoms with Gasteiger partial charge in [-0.2, -0.15) is 0 Å². The molecule has 1 aromatic heterocycles. The van der Waals surface area contributed by atoms with Crippen molar-refractivity contribution in [1.29, 1.82) is 0 Å². The number of benzene rings is 1. The Morgan fingerprint density at radius 1 is 1.42 bits per heavy atom. The van der Waals surface area contributed by atoms with Crippen LogP contribution in [0.15, 0.2) is 26.9 Å². The van der Waals surface area contributed by atoms with Crippen LogP contribution < -0.4 is 0 Å². The van der Waals surface area contributed by atoms with Crippen molar-refractivity contribution in [2.24, 2.45) is 0 Å². The summed E-state index contributed by atoms with van der Waals surface area (Å²) in [6.07, 6.45) is 0. The summed E-state index contributed by atoms with van der Waals surface area (Å²) in [7, 11) is 0. The highest BCUT2D eigenvalue weighted by atomic mass is 127. The summed E-state index contributed by atoms with van der Waals surface area (Å²) >= 11 is 12.0. The van der Waals surface area contributed by atoms with Crippen molar-refractivity contribution in [2.75, 3.05) is 0 Å². The third-order valence-corrected chi connectivity index (χ3v) is 5.97. The third kappa shape index (κ3) is 1.42. The number of rotatable bonds is 0. The summed E-state index contributed by atoms with van der Waals surface area (Å²) in [5.74, 6) is 0. The Labute approximate surface area is 102 Å². The molecule has 0 radical (unpaired) electrons. The van der Waals surface area contributed by atoms with Gasteiger partial charge in [0, 0.05) is 13.4 Å². The Hall–Kier alpha value is 0.740. The molecule has 1 heterocycles. The van der Waals surface area contributed by atoms with Gasteiger partial charge < -0.3 is 0 Å². The first-order valence-corrected chi connectivity index (χ1v) is 6.39. The van der Waals surface area contributed by atoms with Crippen LogP contribution in [0.1, 0.15) is 0 Å². The molecular formula is C8H4BrIS2. The highest BCUT2D eigenvalue weighted by Gasteiger charge is 2.07. The van der Waals surface area contributed by atoms with Crippen molar-refractivity contribution < 1.29 is 0 Å². The average molecular weight is 371 g/mol. The van der Waals surface area contributed by atoms with Crippen LogP contribution in [0.5, 0.6) is 0 Å². The van der Waals surface area contributed by atoms with Crippen LogP contribution in [0.25, 0.3) is 10.1 Å². The molecule has 0 bridgehead atoms. The van der Waals surface area contributed by atoms with Crippen molar-refractivity contribution in [1.82, 2.24) is 0 Å². The van der Waals surface area contributed by atoms with E-state index < -0.39 is 0 Å². The minimum absolute atomic E-state index is 1.09. The highest BCUT2D eigenvalue weighted by molar-refractivity contribution is 14.1. The summed E-state index contributed by atoms with van der Waals surface area (Å²) in [5, 5.41) is 1.29.